The summed E-state index contributed by atoms with van der Waals surface area (Å²) in [5.41, 5.74) is 5.23. The van der Waals surface area contributed by atoms with Crippen molar-refractivity contribution in [2.75, 3.05) is 30.5 Å². The predicted molar refractivity (Wildman–Crippen MR) is 99.5 cm³/mol. The number of nitro groups is 1. The Labute approximate surface area is 157 Å². The first-order valence-corrected chi connectivity index (χ1v) is 9.33. The van der Waals surface area contributed by atoms with Crippen LogP contribution in [0.15, 0.2) is 6.20 Å². The molecule has 1 aromatic rings. The van der Waals surface area contributed by atoms with Gasteiger partial charge in [0.2, 0.25) is 17.7 Å². The van der Waals surface area contributed by atoms with Crippen LogP contribution in [-0.2, 0) is 9.53 Å². The molecule has 2 fully saturated rings. The number of aromatic nitrogens is 2. The van der Waals surface area contributed by atoms with E-state index in [0.29, 0.717) is 32.0 Å². The normalized spacial score (nSPS) is 23.6. The van der Waals surface area contributed by atoms with Crippen LogP contribution in [0.25, 0.3) is 0 Å². The summed E-state index contributed by atoms with van der Waals surface area (Å²) in [5, 5.41) is 14.6. The Morgan fingerprint density at radius 3 is 2.56 bits per heavy atom. The van der Waals surface area contributed by atoms with Gasteiger partial charge in [-0.1, -0.05) is 0 Å². The Hall–Kier alpha value is -2.49. The van der Waals surface area contributed by atoms with Gasteiger partial charge in [0.1, 0.15) is 6.20 Å². The van der Waals surface area contributed by atoms with E-state index >= 15 is 0 Å². The van der Waals surface area contributed by atoms with E-state index in [2.05, 4.69) is 15.3 Å². The molecule has 1 amide bonds. The molecule has 10 nitrogen and oxygen atoms in total. The molecule has 10 heteroatoms. The third-order valence-electron chi connectivity index (χ3n) is 5.48. The third kappa shape index (κ3) is 4.62. The van der Waals surface area contributed by atoms with E-state index in [1.165, 1.54) is 6.20 Å². The van der Waals surface area contributed by atoms with Gasteiger partial charge in [-0.2, -0.15) is 4.98 Å². The standard InChI is InChI=1S/C17H26N6O4/c1-22(13-6-8-27-9-7-13)17-19-10-14(23(25)26)16(21-17)20-12-4-2-11(3-5-12)15(18)24/h10-13H,2-9H2,1H3,(H2,18,24)(H,19,20,21)/t11-,12-. The molecule has 2 heterocycles. The number of rotatable bonds is 6. The van der Waals surface area contributed by atoms with Gasteiger partial charge in [-0.15, -0.1) is 0 Å². The summed E-state index contributed by atoms with van der Waals surface area (Å²) in [6.07, 6.45) is 5.81. The first-order valence-electron chi connectivity index (χ1n) is 9.33. The number of carbonyl (C=O) groups is 1. The molecular weight excluding hydrogens is 352 g/mol. The summed E-state index contributed by atoms with van der Waals surface area (Å²) < 4.78 is 5.38. The molecular formula is C17H26N6O4. The van der Waals surface area contributed by atoms with Gasteiger partial charge >= 0.3 is 5.69 Å². The Morgan fingerprint density at radius 1 is 1.30 bits per heavy atom. The van der Waals surface area contributed by atoms with Crippen molar-refractivity contribution in [1.29, 1.82) is 0 Å². The lowest BCUT2D eigenvalue weighted by Crippen LogP contribution is -2.38. The smallest absolute Gasteiger partial charge is 0.329 e. The Balaban J connectivity index is 1.74. The van der Waals surface area contributed by atoms with E-state index in [1.54, 1.807) is 0 Å². The minimum atomic E-state index is -0.477. The van der Waals surface area contributed by atoms with Gasteiger partial charge in [-0.05, 0) is 38.5 Å². The first kappa shape index (κ1) is 19.3. The van der Waals surface area contributed by atoms with E-state index < -0.39 is 4.92 Å². The van der Waals surface area contributed by atoms with Gasteiger partial charge in [-0.3, -0.25) is 14.9 Å². The number of carbonyl (C=O) groups excluding carboxylic acids is 1. The van der Waals surface area contributed by atoms with Crippen LogP contribution in [0.3, 0.4) is 0 Å². The van der Waals surface area contributed by atoms with Crippen LogP contribution in [0.2, 0.25) is 0 Å². The molecule has 0 radical (unpaired) electrons. The third-order valence-corrected chi connectivity index (χ3v) is 5.48. The van der Waals surface area contributed by atoms with Gasteiger partial charge in [0, 0.05) is 38.3 Å². The second kappa shape index (κ2) is 8.47. The van der Waals surface area contributed by atoms with Crippen molar-refractivity contribution in [2.45, 2.75) is 50.6 Å². The summed E-state index contributed by atoms with van der Waals surface area (Å²) in [7, 11) is 1.90. The highest BCUT2D eigenvalue weighted by atomic mass is 16.6. The Bertz CT molecular complexity index is 686. The van der Waals surface area contributed by atoms with Crippen molar-refractivity contribution in [3.05, 3.63) is 16.3 Å². The van der Waals surface area contributed by atoms with Crippen molar-refractivity contribution in [2.24, 2.45) is 11.7 Å². The fraction of sp³-hybridized carbons (Fsp3) is 0.706. The van der Waals surface area contributed by atoms with Crippen LogP contribution < -0.4 is 16.0 Å². The van der Waals surface area contributed by atoms with Crippen LogP contribution in [0.5, 0.6) is 0 Å². The minimum absolute atomic E-state index is 0.0236. The molecule has 0 unspecified atom stereocenters. The number of hydrogen-bond acceptors (Lipinski definition) is 8. The average molecular weight is 378 g/mol. The molecule has 3 N–H and O–H groups in total. The Morgan fingerprint density at radius 2 is 1.96 bits per heavy atom. The average Bonchev–Trinajstić information content (AvgIpc) is 2.68. The van der Waals surface area contributed by atoms with Gasteiger partial charge < -0.3 is 20.7 Å². The first-order chi connectivity index (χ1) is 13.0. The SMILES string of the molecule is CN(c1ncc([N+](=O)[O-])c(N[C@H]2CC[C@H](C(N)=O)CC2)n1)C1CCOCC1. The van der Waals surface area contributed by atoms with Gasteiger partial charge in [0.05, 0.1) is 4.92 Å². The molecule has 148 valence electrons. The predicted octanol–water partition coefficient (Wildman–Crippen LogP) is 1.46. The maximum atomic E-state index is 11.4. The van der Waals surface area contributed by atoms with Crippen molar-refractivity contribution in [3.63, 3.8) is 0 Å². The monoisotopic (exact) mass is 378 g/mol. The molecule has 27 heavy (non-hydrogen) atoms. The lowest BCUT2D eigenvalue weighted by molar-refractivity contribution is -0.384. The summed E-state index contributed by atoms with van der Waals surface area (Å²) >= 11 is 0. The summed E-state index contributed by atoms with van der Waals surface area (Å²) in [6, 6.07) is 0.273. The van der Waals surface area contributed by atoms with Crippen LogP contribution in [0.4, 0.5) is 17.5 Å². The van der Waals surface area contributed by atoms with Gasteiger partial charge in [-0.25, -0.2) is 4.98 Å². The molecule has 1 aromatic heterocycles. The summed E-state index contributed by atoms with van der Waals surface area (Å²) in [6.45, 7) is 1.38. The van der Waals surface area contributed by atoms with Crippen LogP contribution in [-0.4, -0.2) is 53.1 Å². The minimum Gasteiger partial charge on any atom is -0.381 e. The zero-order valence-electron chi connectivity index (χ0n) is 15.5. The highest BCUT2D eigenvalue weighted by Crippen LogP contribution is 2.30. The number of nitrogens with zero attached hydrogens (tertiary/aromatic N) is 4. The molecule has 1 aliphatic carbocycles. The second-order valence-corrected chi connectivity index (χ2v) is 7.21. The van der Waals surface area contributed by atoms with E-state index in [4.69, 9.17) is 10.5 Å². The van der Waals surface area contributed by atoms with Crippen LogP contribution in [0.1, 0.15) is 38.5 Å². The zero-order chi connectivity index (χ0) is 19.4. The molecule has 1 aliphatic heterocycles. The zero-order valence-corrected chi connectivity index (χ0v) is 15.5. The quantitative estimate of drug-likeness (QED) is 0.561. The lowest BCUT2D eigenvalue weighted by atomic mass is 9.85. The number of nitrogens with two attached hydrogens (primary N) is 1. The van der Waals surface area contributed by atoms with Crippen molar-refractivity contribution < 1.29 is 14.5 Å². The largest absolute Gasteiger partial charge is 0.381 e. The van der Waals surface area contributed by atoms with Crippen molar-refractivity contribution in [3.8, 4) is 0 Å². The molecule has 0 spiro atoms. The van der Waals surface area contributed by atoms with Crippen molar-refractivity contribution in [1.82, 2.24) is 9.97 Å². The van der Waals surface area contributed by atoms with Gasteiger partial charge in [0.15, 0.2) is 0 Å². The summed E-state index contributed by atoms with van der Waals surface area (Å²) in [4.78, 5) is 32.8. The second-order valence-electron chi connectivity index (χ2n) is 7.21. The highest BCUT2D eigenvalue weighted by molar-refractivity contribution is 5.76. The van der Waals surface area contributed by atoms with Crippen LogP contribution >= 0.6 is 0 Å². The number of ether oxygens (including phenoxy) is 1. The van der Waals surface area contributed by atoms with E-state index in [0.717, 1.165) is 25.7 Å². The number of anilines is 2. The fourth-order valence-corrected chi connectivity index (χ4v) is 3.73. The van der Waals surface area contributed by atoms with E-state index in [-0.39, 0.29) is 35.4 Å². The molecule has 2 aliphatic rings. The molecule has 3 rings (SSSR count). The Kier molecular flexibility index (Phi) is 6.04. The lowest BCUT2D eigenvalue weighted by Gasteiger charge is -2.31. The van der Waals surface area contributed by atoms with E-state index in [1.807, 2.05) is 11.9 Å². The number of nitrogens with one attached hydrogen (secondary N) is 1. The van der Waals surface area contributed by atoms with E-state index in [9.17, 15) is 14.9 Å². The summed E-state index contributed by atoms with van der Waals surface area (Å²) in [5.74, 6) is 0.299. The molecule has 0 atom stereocenters. The maximum absolute atomic E-state index is 11.4. The molecule has 0 bridgehead atoms. The number of amides is 1. The molecule has 1 saturated heterocycles. The molecule has 0 aromatic carbocycles. The van der Waals surface area contributed by atoms with Gasteiger partial charge in [0.25, 0.3) is 0 Å². The van der Waals surface area contributed by atoms with Crippen LogP contribution in [0, 0.1) is 16.0 Å². The molecule has 1 saturated carbocycles. The van der Waals surface area contributed by atoms with Crippen molar-refractivity contribution >= 4 is 23.4 Å². The topological polar surface area (TPSA) is 137 Å². The number of primary amides is 1. The fourth-order valence-electron chi connectivity index (χ4n) is 3.73. The maximum Gasteiger partial charge on any atom is 0.329 e. The number of hydrogen-bond donors (Lipinski definition) is 2. The highest BCUT2D eigenvalue weighted by Gasteiger charge is 2.28.